The highest BCUT2D eigenvalue weighted by atomic mass is 15.2. The molecule has 0 aliphatic rings. The number of anilines is 1. The van der Waals surface area contributed by atoms with Crippen LogP contribution in [0.5, 0.6) is 0 Å². The molecule has 1 aromatic carbocycles. The van der Waals surface area contributed by atoms with Crippen molar-refractivity contribution in [1.82, 2.24) is 10.4 Å². The van der Waals surface area contributed by atoms with Crippen molar-refractivity contribution in [2.24, 2.45) is 5.84 Å². The number of nitrogens with two attached hydrogens (primary N) is 2. The Hall–Kier alpha value is -1.91. The number of aryl methyl sites for hydroxylation is 1. The molecule has 0 radical (unpaired) electrons. The fourth-order valence-electron chi connectivity index (χ4n) is 2.09. The Labute approximate surface area is 113 Å². The van der Waals surface area contributed by atoms with Crippen LogP contribution in [0.25, 0.3) is 0 Å². The maximum absolute atomic E-state index is 5.86. The highest BCUT2D eigenvalue weighted by molar-refractivity contribution is 5.39. The van der Waals surface area contributed by atoms with Gasteiger partial charge in [-0.2, -0.15) is 0 Å². The largest absolute Gasteiger partial charge is 0.383 e. The Morgan fingerprint density at radius 2 is 1.89 bits per heavy atom. The number of nitrogens with one attached hydrogen (secondary N) is 1. The van der Waals surface area contributed by atoms with Gasteiger partial charge in [0.1, 0.15) is 5.82 Å². The van der Waals surface area contributed by atoms with Crippen LogP contribution < -0.4 is 17.0 Å². The van der Waals surface area contributed by atoms with Gasteiger partial charge in [0.05, 0.1) is 0 Å². The van der Waals surface area contributed by atoms with E-state index in [1.54, 1.807) is 6.20 Å². The smallest absolute Gasteiger partial charge is 0.126 e. The number of pyridine rings is 1. The third-order valence-corrected chi connectivity index (χ3v) is 3.23. The molecule has 100 valence electrons. The van der Waals surface area contributed by atoms with Crippen LogP contribution >= 0.6 is 0 Å². The maximum Gasteiger partial charge on any atom is 0.126 e. The van der Waals surface area contributed by atoms with Crippen LogP contribution in [0, 0.1) is 6.92 Å². The molecule has 2 aromatic rings. The topological polar surface area (TPSA) is 77.0 Å². The number of hydrazine groups is 1. The monoisotopic (exact) mass is 256 g/mol. The summed E-state index contributed by atoms with van der Waals surface area (Å²) in [6, 6.07) is 12.5. The second kappa shape index (κ2) is 6.31. The van der Waals surface area contributed by atoms with Gasteiger partial charge in [-0.25, -0.2) is 4.98 Å². The van der Waals surface area contributed by atoms with Gasteiger partial charge < -0.3 is 5.73 Å². The van der Waals surface area contributed by atoms with Gasteiger partial charge in [0.25, 0.3) is 0 Å². The highest BCUT2D eigenvalue weighted by Gasteiger charge is 2.11. The summed E-state index contributed by atoms with van der Waals surface area (Å²) in [6.07, 6.45) is 3.33. The fraction of sp³-hybridized carbons (Fsp3) is 0.267. The summed E-state index contributed by atoms with van der Waals surface area (Å²) in [6.45, 7) is 2.08. The van der Waals surface area contributed by atoms with Gasteiger partial charge in [-0.1, -0.05) is 35.9 Å². The Kier molecular flexibility index (Phi) is 4.49. The van der Waals surface area contributed by atoms with Crippen LogP contribution in [0.1, 0.15) is 16.7 Å². The molecule has 2 rings (SSSR count). The number of hydrogen-bond donors (Lipinski definition) is 3. The molecule has 1 atom stereocenters. The third-order valence-electron chi connectivity index (χ3n) is 3.23. The number of rotatable bonds is 5. The molecule has 0 spiro atoms. The molecule has 1 heterocycles. The number of hydrogen-bond acceptors (Lipinski definition) is 4. The summed E-state index contributed by atoms with van der Waals surface area (Å²) in [5.74, 6) is 6.21. The molecular weight excluding hydrogens is 236 g/mol. The molecular formula is C15H20N4. The zero-order valence-electron chi connectivity index (χ0n) is 11.1. The molecule has 1 unspecified atom stereocenters. The van der Waals surface area contributed by atoms with Crippen LogP contribution in [0.3, 0.4) is 0 Å². The number of nitrogen functional groups attached to an aromatic ring is 1. The molecule has 4 nitrogen and oxygen atoms in total. The zero-order chi connectivity index (χ0) is 13.7. The van der Waals surface area contributed by atoms with Crippen LogP contribution in [0.15, 0.2) is 42.6 Å². The quantitative estimate of drug-likeness (QED) is 0.561. The zero-order valence-corrected chi connectivity index (χ0v) is 11.1. The molecule has 4 heteroatoms. The Morgan fingerprint density at radius 3 is 2.53 bits per heavy atom. The summed E-state index contributed by atoms with van der Waals surface area (Å²) >= 11 is 0. The van der Waals surface area contributed by atoms with Crippen molar-refractivity contribution in [1.29, 1.82) is 0 Å². The van der Waals surface area contributed by atoms with Crippen molar-refractivity contribution < 1.29 is 0 Å². The Morgan fingerprint density at radius 1 is 1.16 bits per heavy atom. The maximum atomic E-state index is 5.86. The lowest BCUT2D eigenvalue weighted by Gasteiger charge is -2.17. The minimum Gasteiger partial charge on any atom is -0.383 e. The first-order valence-corrected chi connectivity index (χ1v) is 6.40. The van der Waals surface area contributed by atoms with Gasteiger partial charge in [-0.05, 0) is 37.0 Å². The standard InChI is InChI=1S/C15H20N4/c1-11-4-6-12(7-5-11)9-14(19-17)10-13-3-2-8-18-15(13)16/h2-8,14,19H,9-10,17H2,1H3,(H2,16,18). The van der Waals surface area contributed by atoms with Crippen molar-refractivity contribution in [2.75, 3.05) is 5.73 Å². The third kappa shape index (κ3) is 3.77. The molecule has 0 saturated heterocycles. The summed E-state index contributed by atoms with van der Waals surface area (Å²) in [5.41, 5.74) is 12.3. The summed E-state index contributed by atoms with van der Waals surface area (Å²) in [4.78, 5) is 4.09. The molecule has 0 amide bonds. The van der Waals surface area contributed by atoms with Gasteiger partial charge in [0.15, 0.2) is 0 Å². The van der Waals surface area contributed by atoms with E-state index in [0.717, 1.165) is 18.4 Å². The van der Waals surface area contributed by atoms with Crippen LogP contribution in [0.2, 0.25) is 0 Å². The normalized spacial score (nSPS) is 12.3. The summed E-state index contributed by atoms with van der Waals surface area (Å²) < 4.78 is 0. The lowest BCUT2D eigenvalue weighted by Crippen LogP contribution is -2.38. The predicted molar refractivity (Wildman–Crippen MR) is 78.3 cm³/mol. The minimum atomic E-state index is 0.147. The van der Waals surface area contributed by atoms with Crippen molar-refractivity contribution in [3.05, 3.63) is 59.3 Å². The fourth-order valence-corrected chi connectivity index (χ4v) is 2.09. The van der Waals surface area contributed by atoms with Gasteiger partial charge in [-0.15, -0.1) is 0 Å². The van der Waals surface area contributed by atoms with Crippen molar-refractivity contribution in [3.8, 4) is 0 Å². The molecule has 1 aromatic heterocycles. The predicted octanol–water partition coefficient (Wildman–Crippen LogP) is 1.59. The SMILES string of the molecule is Cc1ccc(CC(Cc2cccnc2N)NN)cc1. The summed E-state index contributed by atoms with van der Waals surface area (Å²) in [5, 5.41) is 0. The first-order chi connectivity index (χ1) is 9.19. The van der Waals surface area contributed by atoms with Crippen molar-refractivity contribution >= 4 is 5.82 Å². The first-order valence-electron chi connectivity index (χ1n) is 6.40. The van der Waals surface area contributed by atoms with Gasteiger partial charge in [0, 0.05) is 12.2 Å². The number of benzene rings is 1. The number of nitrogens with zero attached hydrogens (tertiary/aromatic N) is 1. The van der Waals surface area contributed by atoms with Crippen LogP contribution in [0.4, 0.5) is 5.82 Å². The van der Waals surface area contributed by atoms with E-state index >= 15 is 0 Å². The van der Waals surface area contributed by atoms with E-state index in [-0.39, 0.29) is 6.04 Å². The molecule has 0 aliphatic heterocycles. The highest BCUT2D eigenvalue weighted by Crippen LogP contribution is 2.13. The Bertz CT molecular complexity index is 522. The second-order valence-electron chi connectivity index (χ2n) is 4.81. The van der Waals surface area contributed by atoms with Gasteiger partial charge >= 0.3 is 0 Å². The molecule has 5 N–H and O–H groups in total. The van der Waals surface area contributed by atoms with Crippen LogP contribution in [-0.2, 0) is 12.8 Å². The van der Waals surface area contributed by atoms with E-state index in [4.69, 9.17) is 11.6 Å². The Balaban J connectivity index is 2.05. The van der Waals surface area contributed by atoms with E-state index < -0.39 is 0 Å². The van der Waals surface area contributed by atoms with Crippen molar-refractivity contribution in [3.63, 3.8) is 0 Å². The minimum absolute atomic E-state index is 0.147. The van der Waals surface area contributed by atoms with Crippen LogP contribution in [-0.4, -0.2) is 11.0 Å². The van der Waals surface area contributed by atoms with E-state index in [9.17, 15) is 0 Å². The molecule has 0 saturated carbocycles. The molecule has 19 heavy (non-hydrogen) atoms. The molecule has 0 bridgehead atoms. The van der Waals surface area contributed by atoms with E-state index in [2.05, 4.69) is 41.6 Å². The lowest BCUT2D eigenvalue weighted by atomic mass is 9.99. The van der Waals surface area contributed by atoms with Crippen molar-refractivity contribution in [2.45, 2.75) is 25.8 Å². The van der Waals surface area contributed by atoms with Gasteiger partial charge in [-0.3, -0.25) is 11.3 Å². The number of aromatic nitrogens is 1. The van der Waals surface area contributed by atoms with E-state index in [1.807, 2.05) is 12.1 Å². The molecule has 0 aliphatic carbocycles. The molecule has 0 fully saturated rings. The average molecular weight is 256 g/mol. The van der Waals surface area contributed by atoms with Gasteiger partial charge in [0.2, 0.25) is 0 Å². The van der Waals surface area contributed by atoms with E-state index in [0.29, 0.717) is 5.82 Å². The van der Waals surface area contributed by atoms with E-state index in [1.165, 1.54) is 11.1 Å². The lowest BCUT2D eigenvalue weighted by molar-refractivity contribution is 0.522. The average Bonchev–Trinajstić information content (AvgIpc) is 2.43. The second-order valence-corrected chi connectivity index (χ2v) is 4.81. The first kappa shape index (κ1) is 13.5. The summed E-state index contributed by atoms with van der Waals surface area (Å²) in [7, 11) is 0.